The number of hydrazine groups is 1. The fraction of sp³-hybridized carbons (Fsp3) is 0.154. The van der Waals surface area contributed by atoms with Crippen molar-refractivity contribution < 1.29 is 9.53 Å². The Kier molecular flexibility index (Phi) is 4.46. The van der Waals surface area contributed by atoms with Crippen molar-refractivity contribution in [3.8, 4) is 5.75 Å². The standard InChI is InChI=1S/C13H15N5O2/c1-20-10-4-2-9(3-5-10)6-17-13(19)11-7-16-12(18-14)8-15-11/h2-5,7-8H,6,14H2,1H3,(H,16,18)(H,17,19). The maximum atomic E-state index is 11.9. The minimum absolute atomic E-state index is 0.234. The van der Waals surface area contributed by atoms with Gasteiger partial charge >= 0.3 is 0 Å². The van der Waals surface area contributed by atoms with E-state index in [9.17, 15) is 4.79 Å². The molecule has 0 saturated heterocycles. The number of anilines is 1. The van der Waals surface area contributed by atoms with E-state index in [1.165, 1.54) is 12.4 Å². The maximum Gasteiger partial charge on any atom is 0.271 e. The van der Waals surface area contributed by atoms with Gasteiger partial charge in [-0.3, -0.25) is 4.79 Å². The average molecular weight is 273 g/mol. The summed E-state index contributed by atoms with van der Waals surface area (Å²) in [7, 11) is 1.61. The van der Waals surface area contributed by atoms with Crippen LogP contribution in [-0.4, -0.2) is 23.0 Å². The van der Waals surface area contributed by atoms with Crippen LogP contribution in [-0.2, 0) is 6.54 Å². The van der Waals surface area contributed by atoms with Crippen molar-refractivity contribution in [2.75, 3.05) is 12.5 Å². The number of carbonyl (C=O) groups excluding carboxylic acids is 1. The number of hydrogen-bond acceptors (Lipinski definition) is 6. The van der Waals surface area contributed by atoms with Crippen LogP contribution < -0.4 is 21.3 Å². The molecule has 2 rings (SSSR count). The molecule has 0 bridgehead atoms. The molecule has 0 aliphatic carbocycles. The Hall–Kier alpha value is -2.67. The molecule has 0 atom stereocenters. The summed E-state index contributed by atoms with van der Waals surface area (Å²) in [6.07, 6.45) is 2.75. The summed E-state index contributed by atoms with van der Waals surface area (Å²) in [6.45, 7) is 0.404. The highest BCUT2D eigenvalue weighted by Gasteiger charge is 2.07. The zero-order valence-electron chi connectivity index (χ0n) is 11.0. The quantitative estimate of drug-likeness (QED) is 0.547. The molecule has 1 heterocycles. The minimum Gasteiger partial charge on any atom is -0.497 e. The van der Waals surface area contributed by atoms with E-state index in [4.69, 9.17) is 10.6 Å². The summed E-state index contributed by atoms with van der Waals surface area (Å²) in [6, 6.07) is 7.43. The van der Waals surface area contributed by atoms with Crippen LogP contribution in [0.3, 0.4) is 0 Å². The van der Waals surface area contributed by atoms with E-state index in [0.717, 1.165) is 11.3 Å². The number of hydrogen-bond donors (Lipinski definition) is 3. The first-order valence-electron chi connectivity index (χ1n) is 5.92. The second-order valence-electron chi connectivity index (χ2n) is 3.96. The molecular weight excluding hydrogens is 258 g/mol. The largest absolute Gasteiger partial charge is 0.497 e. The molecule has 0 saturated carbocycles. The highest BCUT2D eigenvalue weighted by Crippen LogP contribution is 2.11. The molecule has 4 N–H and O–H groups in total. The van der Waals surface area contributed by atoms with Crippen molar-refractivity contribution in [1.82, 2.24) is 15.3 Å². The zero-order chi connectivity index (χ0) is 14.4. The Balaban J connectivity index is 1.93. The highest BCUT2D eigenvalue weighted by molar-refractivity contribution is 5.91. The van der Waals surface area contributed by atoms with Crippen LogP contribution in [0.4, 0.5) is 5.82 Å². The summed E-state index contributed by atoms with van der Waals surface area (Å²) in [5.41, 5.74) is 3.54. The second-order valence-corrected chi connectivity index (χ2v) is 3.96. The molecule has 0 fully saturated rings. The molecule has 0 spiro atoms. The molecule has 0 aliphatic heterocycles. The Morgan fingerprint density at radius 3 is 2.55 bits per heavy atom. The normalized spacial score (nSPS) is 9.90. The summed E-state index contributed by atoms with van der Waals surface area (Å²) < 4.78 is 5.06. The number of amides is 1. The van der Waals surface area contributed by atoms with Gasteiger partial charge in [-0.15, -0.1) is 0 Å². The number of methoxy groups -OCH3 is 1. The number of nitrogens with zero attached hydrogens (tertiary/aromatic N) is 2. The predicted molar refractivity (Wildman–Crippen MR) is 74.0 cm³/mol. The number of rotatable bonds is 5. The van der Waals surface area contributed by atoms with Crippen molar-refractivity contribution in [3.05, 3.63) is 47.9 Å². The van der Waals surface area contributed by atoms with Crippen molar-refractivity contribution in [2.24, 2.45) is 5.84 Å². The van der Waals surface area contributed by atoms with Crippen LogP contribution in [0.5, 0.6) is 5.75 Å². The minimum atomic E-state index is -0.295. The van der Waals surface area contributed by atoms with Gasteiger partial charge in [0.2, 0.25) is 0 Å². The smallest absolute Gasteiger partial charge is 0.271 e. The Labute approximate surface area is 116 Å². The monoisotopic (exact) mass is 273 g/mol. The average Bonchev–Trinajstić information content (AvgIpc) is 2.53. The van der Waals surface area contributed by atoms with Crippen molar-refractivity contribution in [2.45, 2.75) is 6.54 Å². The molecule has 1 aromatic heterocycles. The van der Waals surface area contributed by atoms with Gasteiger partial charge in [0, 0.05) is 6.54 Å². The van der Waals surface area contributed by atoms with E-state index in [-0.39, 0.29) is 11.6 Å². The lowest BCUT2D eigenvalue weighted by molar-refractivity contribution is 0.0945. The number of benzene rings is 1. The van der Waals surface area contributed by atoms with Gasteiger partial charge in [-0.1, -0.05) is 12.1 Å². The summed E-state index contributed by atoms with van der Waals surface area (Å²) in [5, 5.41) is 2.76. The second kappa shape index (κ2) is 6.48. The SMILES string of the molecule is COc1ccc(CNC(=O)c2cnc(NN)cn2)cc1. The molecule has 7 heteroatoms. The third kappa shape index (κ3) is 3.42. The third-order valence-corrected chi connectivity index (χ3v) is 2.64. The van der Waals surface area contributed by atoms with E-state index >= 15 is 0 Å². The molecule has 1 aromatic carbocycles. The number of carbonyl (C=O) groups is 1. The van der Waals surface area contributed by atoms with Crippen LogP contribution in [0.2, 0.25) is 0 Å². The molecular formula is C13H15N5O2. The fourth-order valence-electron chi connectivity index (χ4n) is 1.54. The Morgan fingerprint density at radius 2 is 2.00 bits per heavy atom. The molecule has 1 amide bonds. The van der Waals surface area contributed by atoms with Gasteiger partial charge in [0.05, 0.1) is 19.5 Å². The molecule has 7 nitrogen and oxygen atoms in total. The first kappa shape index (κ1) is 13.8. The van der Waals surface area contributed by atoms with Crippen LogP contribution in [0.15, 0.2) is 36.7 Å². The van der Waals surface area contributed by atoms with Gasteiger partial charge in [-0.25, -0.2) is 15.8 Å². The number of nitrogen functional groups attached to an aromatic ring is 1. The number of nitrogens with two attached hydrogens (primary N) is 1. The number of nitrogens with one attached hydrogen (secondary N) is 2. The van der Waals surface area contributed by atoms with Crippen LogP contribution in [0.25, 0.3) is 0 Å². The van der Waals surface area contributed by atoms with Gasteiger partial charge in [-0.05, 0) is 17.7 Å². The molecule has 0 unspecified atom stereocenters. The third-order valence-electron chi connectivity index (χ3n) is 2.64. The van der Waals surface area contributed by atoms with Crippen molar-refractivity contribution >= 4 is 11.7 Å². The van der Waals surface area contributed by atoms with Crippen LogP contribution in [0, 0.1) is 0 Å². The maximum absolute atomic E-state index is 11.9. The number of ether oxygens (including phenoxy) is 1. The number of aromatic nitrogens is 2. The van der Waals surface area contributed by atoms with Gasteiger partial charge < -0.3 is 15.5 Å². The summed E-state index contributed by atoms with van der Waals surface area (Å²) >= 11 is 0. The Morgan fingerprint density at radius 1 is 1.25 bits per heavy atom. The topological polar surface area (TPSA) is 102 Å². The van der Waals surface area contributed by atoms with E-state index in [2.05, 4.69) is 20.7 Å². The molecule has 104 valence electrons. The lowest BCUT2D eigenvalue weighted by atomic mass is 10.2. The zero-order valence-corrected chi connectivity index (χ0v) is 11.0. The lowest BCUT2D eigenvalue weighted by Gasteiger charge is -2.06. The molecule has 2 aromatic rings. The molecule has 0 radical (unpaired) electrons. The lowest BCUT2D eigenvalue weighted by Crippen LogP contribution is -2.24. The predicted octanol–water partition coefficient (Wildman–Crippen LogP) is 0.701. The van der Waals surface area contributed by atoms with Gasteiger partial charge in [0.15, 0.2) is 5.82 Å². The van der Waals surface area contributed by atoms with E-state index < -0.39 is 0 Å². The fourth-order valence-corrected chi connectivity index (χ4v) is 1.54. The van der Waals surface area contributed by atoms with E-state index in [1.54, 1.807) is 7.11 Å². The molecule has 20 heavy (non-hydrogen) atoms. The van der Waals surface area contributed by atoms with Crippen LogP contribution >= 0.6 is 0 Å². The molecule has 0 aliphatic rings. The van der Waals surface area contributed by atoms with E-state index in [0.29, 0.717) is 12.4 Å². The van der Waals surface area contributed by atoms with Crippen LogP contribution in [0.1, 0.15) is 16.1 Å². The van der Waals surface area contributed by atoms with Crippen molar-refractivity contribution in [1.29, 1.82) is 0 Å². The van der Waals surface area contributed by atoms with Gasteiger partial charge in [-0.2, -0.15) is 0 Å². The first-order valence-corrected chi connectivity index (χ1v) is 5.92. The highest BCUT2D eigenvalue weighted by atomic mass is 16.5. The van der Waals surface area contributed by atoms with E-state index in [1.807, 2.05) is 24.3 Å². The summed E-state index contributed by atoms with van der Waals surface area (Å²) in [5.74, 6) is 6.05. The Bertz CT molecular complexity index is 568. The first-order chi connectivity index (χ1) is 9.72. The van der Waals surface area contributed by atoms with Gasteiger partial charge in [0.25, 0.3) is 5.91 Å². The summed E-state index contributed by atoms with van der Waals surface area (Å²) in [4.78, 5) is 19.7. The van der Waals surface area contributed by atoms with Crippen molar-refractivity contribution in [3.63, 3.8) is 0 Å². The van der Waals surface area contributed by atoms with Gasteiger partial charge in [0.1, 0.15) is 11.4 Å².